The monoisotopic (exact) mass is 373 g/mol. The highest BCUT2D eigenvalue weighted by Crippen LogP contribution is 2.29. The molecule has 0 saturated heterocycles. The maximum atomic E-state index is 13.0. The maximum absolute atomic E-state index is 13.0. The van der Waals surface area contributed by atoms with E-state index in [1.165, 1.54) is 0 Å². The summed E-state index contributed by atoms with van der Waals surface area (Å²) in [4.78, 5) is 17.6. The lowest BCUT2D eigenvalue weighted by Gasteiger charge is -2.11. The van der Waals surface area contributed by atoms with Gasteiger partial charge in [-0.15, -0.1) is 0 Å². The molecule has 0 atom stereocenters. The Labute approximate surface area is 156 Å². The van der Waals surface area contributed by atoms with E-state index < -0.39 is 0 Å². The molecular formula is C19H20ClN3O3. The molecular weight excluding hydrogens is 354 g/mol. The third kappa shape index (κ3) is 3.32. The van der Waals surface area contributed by atoms with Crippen molar-refractivity contribution in [3.05, 3.63) is 52.9 Å². The van der Waals surface area contributed by atoms with E-state index in [0.717, 1.165) is 0 Å². The molecule has 3 rings (SSSR count). The van der Waals surface area contributed by atoms with Gasteiger partial charge in [0.15, 0.2) is 11.4 Å². The number of carbonyl (C=O) groups is 1. The number of aryl methyl sites for hydroxylation is 1. The summed E-state index contributed by atoms with van der Waals surface area (Å²) in [5.74, 6) is 0.886. The third-order valence-corrected chi connectivity index (χ3v) is 4.18. The Morgan fingerprint density at radius 3 is 2.77 bits per heavy atom. The van der Waals surface area contributed by atoms with Crippen LogP contribution in [-0.2, 0) is 6.42 Å². The van der Waals surface area contributed by atoms with Crippen LogP contribution in [0, 0.1) is 0 Å². The number of hydrogen-bond acceptors (Lipinski definition) is 4. The summed E-state index contributed by atoms with van der Waals surface area (Å²) in [5, 5.41) is 3.38. The van der Waals surface area contributed by atoms with Gasteiger partial charge in [0.05, 0.1) is 25.1 Å². The van der Waals surface area contributed by atoms with E-state index in [9.17, 15) is 4.79 Å². The van der Waals surface area contributed by atoms with Crippen LogP contribution in [-0.4, -0.2) is 29.0 Å². The van der Waals surface area contributed by atoms with E-state index in [2.05, 4.69) is 10.3 Å². The summed E-state index contributed by atoms with van der Waals surface area (Å²) in [6.45, 7) is 4.39. The van der Waals surface area contributed by atoms with Crippen LogP contribution in [0.15, 0.2) is 36.5 Å². The fourth-order valence-corrected chi connectivity index (χ4v) is 2.98. The van der Waals surface area contributed by atoms with Crippen LogP contribution < -0.4 is 14.8 Å². The minimum Gasteiger partial charge on any atom is -0.495 e. The van der Waals surface area contributed by atoms with E-state index in [0.29, 0.717) is 52.3 Å². The van der Waals surface area contributed by atoms with Gasteiger partial charge in [0, 0.05) is 11.2 Å². The van der Waals surface area contributed by atoms with Crippen molar-refractivity contribution in [2.24, 2.45) is 0 Å². The Morgan fingerprint density at radius 2 is 2.08 bits per heavy atom. The number of anilines is 1. The largest absolute Gasteiger partial charge is 0.495 e. The number of halogens is 1. The van der Waals surface area contributed by atoms with Crippen molar-refractivity contribution < 1.29 is 14.3 Å². The molecule has 0 unspecified atom stereocenters. The first-order valence-corrected chi connectivity index (χ1v) is 8.74. The van der Waals surface area contributed by atoms with Gasteiger partial charge in [-0.1, -0.05) is 18.5 Å². The lowest BCUT2D eigenvalue weighted by atomic mass is 10.2. The second-order valence-electron chi connectivity index (χ2n) is 5.56. The van der Waals surface area contributed by atoms with Crippen molar-refractivity contribution in [3.8, 4) is 11.5 Å². The number of fused-ring (bicyclic) bond motifs is 1. The molecule has 3 aromatic rings. The molecule has 0 spiro atoms. The van der Waals surface area contributed by atoms with Gasteiger partial charge in [-0.05, 0) is 43.7 Å². The van der Waals surface area contributed by atoms with Gasteiger partial charge in [0.25, 0.3) is 5.91 Å². The standard InChI is InChI=1S/C19H20ClN3O3/c1-4-13-17(23-10-6-7-16(26-5-2)18(23)21-13)19(24)22-14-11-12(20)8-9-15(14)25-3/h6-11H,4-5H2,1-3H3,(H,22,24). The maximum Gasteiger partial charge on any atom is 0.274 e. The molecule has 6 nitrogen and oxygen atoms in total. The number of benzene rings is 1. The minimum atomic E-state index is -0.288. The predicted molar refractivity (Wildman–Crippen MR) is 102 cm³/mol. The number of nitrogens with one attached hydrogen (secondary N) is 1. The molecule has 0 fully saturated rings. The van der Waals surface area contributed by atoms with Crippen LogP contribution >= 0.6 is 11.6 Å². The van der Waals surface area contributed by atoms with Crippen molar-refractivity contribution in [1.29, 1.82) is 0 Å². The number of aromatic nitrogens is 2. The lowest BCUT2D eigenvalue weighted by molar-refractivity contribution is 0.102. The number of nitrogens with zero attached hydrogens (tertiary/aromatic N) is 2. The predicted octanol–water partition coefficient (Wildman–Crippen LogP) is 4.21. The molecule has 7 heteroatoms. The Kier molecular flexibility index (Phi) is 5.32. The van der Waals surface area contributed by atoms with Gasteiger partial charge in [-0.2, -0.15) is 0 Å². The molecule has 0 saturated carbocycles. The zero-order valence-corrected chi connectivity index (χ0v) is 15.6. The Balaban J connectivity index is 2.06. The number of carbonyl (C=O) groups excluding carboxylic acids is 1. The van der Waals surface area contributed by atoms with Crippen molar-refractivity contribution in [1.82, 2.24) is 9.38 Å². The summed E-state index contributed by atoms with van der Waals surface area (Å²) < 4.78 is 12.7. The second-order valence-corrected chi connectivity index (χ2v) is 5.99. The first-order chi connectivity index (χ1) is 12.6. The fourth-order valence-electron chi connectivity index (χ4n) is 2.80. The van der Waals surface area contributed by atoms with Crippen molar-refractivity contribution in [2.75, 3.05) is 19.0 Å². The number of amides is 1. The Hall–Kier alpha value is -2.73. The average molecular weight is 374 g/mol. The molecule has 0 aliphatic carbocycles. The van der Waals surface area contributed by atoms with E-state index in [4.69, 9.17) is 21.1 Å². The van der Waals surface area contributed by atoms with Crippen molar-refractivity contribution in [2.45, 2.75) is 20.3 Å². The van der Waals surface area contributed by atoms with Crippen LogP contribution in [0.25, 0.3) is 5.65 Å². The molecule has 0 aliphatic heterocycles. The summed E-state index contributed by atoms with van der Waals surface area (Å²) in [6, 6.07) is 8.73. The second kappa shape index (κ2) is 7.66. The normalized spacial score (nSPS) is 10.8. The molecule has 136 valence electrons. The summed E-state index contributed by atoms with van der Waals surface area (Å²) in [7, 11) is 1.54. The van der Waals surface area contributed by atoms with Gasteiger partial charge in [-0.25, -0.2) is 4.98 Å². The first kappa shape index (κ1) is 18.1. The van der Waals surface area contributed by atoms with E-state index >= 15 is 0 Å². The van der Waals surface area contributed by atoms with Gasteiger partial charge in [0.2, 0.25) is 0 Å². The van der Waals surface area contributed by atoms with Crippen LogP contribution in [0.3, 0.4) is 0 Å². The zero-order valence-electron chi connectivity index (χ0n) is 14.9. The quantitative estimate of drug-likeness (QED) is 0.703. The molecule has 2 aromatic heterocycles. The van der Waals surface area contributed by atoms with E-state index in [1.807, 2.05) is 26.0 Å². The highest BCUT2D eigenvalue weighted by atomic mass is 35.5. The third-order valence-electron chi connectivity index (χ3n) is 3.95. The van der Waals surface area contributed by atoms with E-state index in [-0.39, 0.29) is 5.91 Å². The minimum absolute atomic E-state index is 0.288. The van der Waals surface area contributed by atoms with Gasteiger partial charge in [-0.3, -0.25) is 9.20 Å². The topological polar surface area (TPSA) is 64.9 Å². The SMILES string of the molecule is CCOc1cccn2c(C(=O)Nc3cc(Cl)ccc3OC)c(CC)nc12. The van der Waals surface area contributed by atoms with Gasteiger partial charge in [0.1, 0.15) is 11.4 Å². The number of ether oxygens (including phenoxy) is 2. The molecule has 1 amide bonds. The van der Waals surface area contributed by atoms with Crippen LogP contribution in [0.1, 0.15) is 30.0 Å². The molecule has 1 aromatic carbocycles. The van der Waals surface area contributed by atoms with Crippen molar-refractivity contribution >= 4 is 28.8 Å². The van der Waals surface area contributed by atoms with E-state index in [1.54, 1.807) is 35.9 Å². The number of imidazole rings is 1. The van der Waals surface area contributed by atoms with Crippen molar-refractivity contribution in [3.63, 3.8) is 0 Å². The highest BCUT2D eigenvalue weighted by Gasteiger charge is 2.21. The van der Waals surface area contributed by atoms with Gasteiger partial charge < -0.3 is 14.8 Å². The van der Waals surface area contributed by atoms with Crippen LogP contribution in [0.4, 0.5) is 5.69 Å². The highest BCUT2D eigenvalue weighted by molar-refractivity contribution is 6.31. The van der Waals surface area contributed by atoms with Crippen LogP contribution in [0.5, 0.6) is 11.5 Å². The van der Waals surface area contributed by atoms with Gasteiger partial charge >= 0.3 is 0 Å². The van der Waals surface area contributed by atoms with Crippen LogP contribution in [0.2, 0.25) is 5.02 Å². The summed E-state index contributed by atoms with van der Waals surface area (Å²) in [5.41, 5.74) is 2.28. The summed E-state index contributed by atoms with van der Waals surface area (Å²) >= 11 is 6.05. The molecule has 26 heavy (non-hydrogen) atoms. The average Bonchev–Trinajstić information content (AvgIpc) is 3.02. The molecule has 2 heterocycles. The number of methoxy groups -OCH3 is 1. The molecule has 0 aliphatic rings. The first-order valence-electron chi connectivity index (χ1n) is 8.36. The Bertz CT molecular complexity index is 953. The molecule has 0 radical (unpaired) electrons. The lowest BCUT2D eigenvalue weighted by Crippen LogP contribution is -2.17. The number of pyridine rings is 1. The number of rotatable bonds is 6. The number of hydrogen-bond donors (Lipinski definition) is 1. The smallest absolute Gasteiger partial charge is 0.274 e. The fraction of sp³-hybridized carbons (Fsp3) is 0.263. The summed E-state index contributed by atoms with van der Waals surface area (Å²) in [6.07, 6.45) is 2.41. The zero-order chi connectivity index (χ0) is 18.7. The Morgan fingerprint density at radius 1 is 1.27 bits per heavy atom. The molecule has 0 bridgehead atoms. The molecule has 1 N–H and O–H groups in total.